The van der Waals surface area contributed by atoms with Crippen molar-refractivity contribution >= 4 is 51.9 Å². The Kier molecular flexibility index (Phi) is 4.74. The van der Waals surface area contributed by atoms with E-state index in [1.54, 1.807) is 18.2 Å². The highest BCUT2D eigenvalue weighted by Gasteiger charge is 2.10. The number of nitrogen functional groups attached to an aromatic ring is 1. The number of aryl methyl sites for hydroxylation is 1. The summed E-state index contributed by atoms with van der Waals surface area (Å²) in [5.74, 6) is 0.995. The van der Waals surface area contributed by atoms with E-state index in [0.29, 0.717) is 33.1 Å². The first-order valence-corrected chi connectivity index (χ1v) is 7.95. The number of para-hydroxylation sites is 1. The maximum atomic E-state index is 6.19. The molecule has 1 heterocycles. The highest BCUT2D eigenvalue weighted by atomic mass is 35.5. The lowest BCUT2D eigenvalue weighted by Crippen LogP contribution is -2.05. The summed E-state index contributed by atoms with van der Waals surface area (Å²) < 4.78 is 0. The predicted molar refractivity (Wildman–Crippen MR) is 101 cm³/mol. The van der Waals surface area contributed by atoms with Crippen LogP contribution in [0.3, 0.4) is 0 Å². The van der Waals surface area contributed by atoms with E-state index in [-0.39, 0.29) is 0 Å². The molecule has 7 heteroatoms. The Morgan fingerprint density at radius 1 is 0.917 bits per heavy atom. The minimum Gasteiger partial charge on any atom is -0.393 e. The van der Waals surface area contributed by atoms with Gasteiger partial charge in [0.15, 0.2) is 11.6 Å². The summed E-state index contributed by atoms with van der Waals surface area (Å²) in [7, 11) is 0. The van der Waals surface area contributed by atoms with Crippen molar-refractivity contribution in [1.29, 1.82) is 0 Å². The van der Waals surface area contributed by atoms with E-state index in [0.717, 1.165) is 11.3 Å². The summed E-state index contributed by atoms with van der Waals surface area (Å²) >= 11 is 12.0. The number of rotatable bonds is 4. The Hall–Kier alpha value is -2.50. The Balaban J connectivity index is 1.89. The molecule has 0 saturated heterocycles. The Morgan fingerprint density at radius 3 is 2.21 bits per heavy atom. The molecule has 0 radical (unpaired) electrons. The minimum atomic E-state index is 0.400. The van der Waals surface area contributed by atoms with Gasteiger partial charge in [0.25, 0.3) is 0 Å². The SMILES string of the molecule is Cc1ccccc1Nc1ncnc(Nc2cc(Cl)cc(Cl)c2)c1N. The van der Waals surface area contributed by atoms with Crippen LogP contribution in [0.25, 0.3) is 0 Å². The molecule has 3 rings (SSSR count). The standard InChI is InChI=1S/C17H15Cl2N5/c1-10-4-2-3-5-14(10)24-17-15(20)16(21-9-22-17)23-13-7-11(18)6-12(19)8-13/h2-9H,20H2,1H3,(H2,21,22,23,24). The summed E-state index contributed by atoms with van der Waals surface area (Å²) in [6, 6.07) is 13.0. The van der Waals surface area contributed by atoms with E-state index >= 15 is 0 Å². The number of nitrogens with zero attached hydrogens (tertiary/aromatic N) is 2. The van der Waals surface area contributed by atoms with Crippen molar-refractivity contribution in [3.63, 3.8) is 0 Å². The van der Waals surface area contributed by atoms with E-state index in [2.05, 4.69) is 20.6 Å². The first-order chi connectivity index (χ1) is 11.5. The lowest BCUT2D eigenvalue weighted by atomic mass is 10.2. The van der Waals surface area contributed by atoms with Gasteiger partial charge in [-0.2, -0.15) is 0 Å². The molecule has 0 atom stereocenters. The number of nitrogens with two attached hydrogens (primary N) is 1. The molecule has 24 heavy (non-hydrogen) atoms. The Bertz CT molecular complexity index is 862. The maximum Gasteiger partial charge on any atom is 0.159 e. The van der Waals surface area contributed by atoms with Crippen molar-refractivity contribution in [3.8, 4) is 0 Å². The van der Waals surface area contributed by atoms with Gasteiger partial charge in [-0.15, -0.1) is 0 Å². The summed E-state index contributed by atoms with van der Waals surface area (Å²) in [5, 5.41) is 7.38. The molecule has 3 aromatic rings. The van der Waals surface area contributed by atoms with Crippen LogP contribution < -0.4 is 16.4 Å². The van der Waals surface area contributed by atoms with E-state index in [1.807, 2.05) is 31.2 Å². The van der Waals surface area contributed by atoms with Gasteiger partial charge >= 0.3 is 0 Å². The monoisotopic (exact) mass is 359 g/mol. The van der Waals surface area contributed by atoms with Crippen LogP contribution in [0.2, 0.25) is 10.0 Å². The van der Waals surface area contributed by atoms with Crippen molar-refractivity contribution in [3.05, 3.63) is 64.4 Å². The molecule has 0 aliphatic rings. The fraction of sp³-hybridized carbons (Fsp3) is 0.0588. The predicted octanol–water partition coefficient (Wildman–Crippen LogP) is 5.16. The number of anilines is 5. The first-order valence-electron chi connectivity index (χ1n) is 7.19. The molecule has 0 aliphatic heterocycles. The van der Waals surface area contributed by atoms with Gasteiger partial charge in [0.2, 0.25) is 0 Å². The molecule has 0 saturated carbocycles. The summed E-state index contributed by atoms with van der Waals surface area (Å²) in [5.41, 5.74) is 9.30. The van der Waals surface area contributed by atoms with Gasteiger partial charge in [-0.25, -0.2) is 9.97 Å². The largest absolute Gasteiger partial charge is 0.393 e. The second-order valence-corrected chi connectivity index (χ2v) is 6.08. The van der Waals surface area contributed by atoms with Crippen molar-refractivity contribution in [1.82, 2.24) is 9.97 Å². The maximum absolute atomic E-state index is 6.19. The second-order valence-electron chi connectivity index (χ2n) is 5.21. The third-order valence-electron chi connectivity index (χ3n) is 3.41. The summed E-state index contributed by atoms with van der Waals surface area (Å²) in [6.45, 7) is 2.01. The highest BCUT2D eigenvalue weighted by Crippen LogP contribution is 2.30. The van der Waals surface area contributed by atoms with Crippen LogP contribution in [-0.4, -0.2) is 9.97 Å². The van der Waals surface area contributed by atoms with Crippen molar-refractivity contribution < 1.29 is 0 Å². The number of aromatic nitrogens is 2. The average Bonchev–Trinajstić information content (AvgIpc) is 2.52. The molecule has 2 aromatic carbocycles. The fourth-order valence-electron chi connectivity index (χ4n) is 2.20. The van der Waals surface area contributed by atoms with E-state index < -0.39 is 0 Å². The minimum absolute atomic E-state index is 0.400. The van der Waals surface area contributed by atoms with E-state index in [1.165, 1.54) is 6.33 Å². The molecule has 0 amide bonds. The normalized spacial score (nSPS) is 10.5. The number of halogens is 2. The third kappa shape index (κ3) is 3.69. The number of nitrogens with one attached hydrogen (secondary N) is 2. The highest BCUT2D eigenvalue weighted by molar-refractivity contribution is 6.35. The quantitative estimate of drug-likeness (QED) is 0.599. The zero-order valence-electron chi connectivity index (χ0n) is 12.8. The number of benzene rings is 2. The zero-order chi connectivity index (χ0) is 17.1. The Labute approximate surface area is 149 Å². The average molecular weight is 360 g/mol. The van der Waals surface area contributed by atoms with Gasteiger partial charge in [-0.1, -0.05) is 41.4 Å². The molecule has 0 spiro atoms. The third-order valence-corrected chi connectivity index (χ3v) is 3.84. The lowest BCUT2D eigenvalue weighted by molar-refractivity contribution is 1.17. The lowest BCUT2D eigenvalue weighted by Gasteiger charge is -2.14. The van der Waals surface area contributed by atoms with Crippen molar-refractivity contribution in [2.24, 2.45) is 0 Å². The number of hydrogen-bond donors (Lipinski definition) is 3. The molecule has 1 aromatic heterocycles. The van der Waals surface area contributed by atoms with Crippen LogP contribution in [0.4, 0.5) is 28.7 Å². The van der Waals surface area contributed by atoms with Gasteiger partial charge in [-0.3, -0.25) is 0 Å². The van der Waals surface area contributed by atoms with Crippen LogP contribution in [-0.2, 0) is 0 Å². The van der Waals surface area contributed by atoms with Crippen LogP contribution in [0.1, 0.15) is 5.56 Å². The Morgan fingerprint density at radius 2 is 1.54 bits per heavy atom. The molecular weight excluding hydrogens is 345 g/mol. The molecule has 0 aliphatic carbocycles. The van der Waals surface area contributed by atoms with E-state index in [9.17, 15) is 0 Å². The van der Waals surface area contributed by atoms with Gasteiger partial charge < -0.3 is 16.4 Å². The smallest absolute Gasteiger partial charge is 0.159 e. The van der Waals surface area contributed by atoms with Crippen LogP contribution in [0.15, 0.2) is 48.8 Å². The van der Waals surface area contributed by atoms with Crippen molar-refractivity contribution in [2.45, 2.75) is 6.92 Å². The molecule has 0 unspecified atom stereocenters. The topological polar surface area (TPSA) is 75.9 Å². The second kappa shape index (κ2) is 6.95. The van der Waals surface area contributed by atoms with Crippen molar-refractivity contribution in [2.75, 3.05) is 16.4 Å². The van der Waals surface area contributed by atoms with E-state index in [4.69, 9.17) is 28.9 Å². The summed E-state index contributed by atoms with van der Waals surface area (Å²) in [6.07, 6.45) is 1.44. The zero-order valence-corrected chi connectivity index (χ0v) is 14.4. The summed E-state index contributed by atoms with van der Waals surface area (Å²) in [4.78, 5) is 8.40. The van der Waals surface area contributed by atoms with Gasteiger partial charge in [-0.05, 0) is 36.8 Å². The molecule has 4 N–H and O–H groups in total. The molecule has 0 fully saturated rings. The van der Waals surface area contributed by atoms with Crippen LogP contribution in [0.5, 0.6) is 0 Å². The van der Waals surface area contributed by atoms with Gasteiger partial charge in [0.1, 0.15) is 12.0 Å². The molecular formula is C17H15Cl2N5. The van der Waals surface area contributed by atoms with Gasteiger partial charge in [0.05, 0.1) is 0 Å². The molecule has 5 nitrogen and oxygen atoms in total. The van der Waals surface area contributed by atoms with Crippen LogP contribution in [0, 0.1) is 6.92 Å². The van der Waals surface area contributed by atoms with Crippen LogP contribution >= 0.6 is 23.2 Å². The fourth-order valence-corrected chi connectivity index (χ4v) is 2.72. The molecule has 0 bridgehead atoms. The van der Waals surface area contributed by atoms with Gasteiger partial charge in [0, 0.05) is 21.4 Å². The molecule has 122 valence electrons. The first kappa shape index (κ1) is 16.4. The number of hydrogen-bond acceptors (Lipinski definition) is 5.